The standard InChI is InChI=1S/C14H17N3O4/c1-8-5-11-10(6-16(8)14(20)21)12-13(19)9(7-18)3-2-4-17(12)15-11/h7-8,18H,2-6H2,1H3,(H,20,21). The van der Waals surface area contributed by atoms with E-state index in [1.165, 1.54) is 4.90 Å². The van der Waals surface area contributed by atoms with Crippen LogP contribution in [0.3, 0.4) is 0 Å². The summed E-state index contributed by atoms with van der Waals surface area (Å²) in [6.07, 6.45) is 1.61. The first-order valence-corrected chi connectivity index (χ1v) is 6.99. The van der Waals surface area contributed by atoms with E-state index >= 15 is 0 Å². The fourth-order valence-corrected chi connectivity index (χ4v) is 3.08. The van der Waals surface area contributed by atoms with Gasteiger partial charge in [-0.05, 0) is 19.8 Å². The average Bonchev–Trinajstić information content (AvgIpc) is 2.70. The fraction of sp³-hybridized carbons (Fsp3) is 0.500. The third-order valence-electron chi connectivity index (χ3n) is 4.21. The van der Waals surface area contributed by atoms with E-state index in [2.05, 4.69) is 5.10 Å². The number of amides is 1. The van der Waals surface area contributed by atoms with Gasteiger partial charge in [0.05, 0.1) is 18.5 Å². The van der Waals surface area contributed by atoms with E-state index in [0.29, 0.717) is 36.2 Å². The zero-order valence-corrected chi connectivity index (χ0v) is 11.7. The van der Waals surface area contributed by atoms with Crippen molar-refractivity contribution in [2.24, 2.45) is 0 Å². The zero-order chi connectivity index (χ0) is 15.1. The summed E-state index contributed by atoms with van der Waals surface area (Å²) in [6.45, 7) is 2.61. The highest BCUT2D eigenvalue weighted by molar-refractivity contribution is 6.08. The van der Waals surface area contributed by atoms with Gasteiger partial charge in [0.2, 0.25) is 5.78 Å². The van der Waals surface area contributed by atoms with Crippen LogP contribution in [0.15, 0.2) is 11.8 Å². The van der Waals surface area contributed by atoms with E-state index in [1.807, 2.05) is 6.92 Å². The van der Waals surface area contributed by atoms with Crippen molar-refractivity contribution in [1.29, 1.82) is 0 Å². The van der Waals surface area contributed by atoms with Gasteiger partial charge in [-0.15, -0.1) is 0 Å². The number of carbonyl (C=O) groups is 2. The number of aromatic nitrogens is 2. The lowest BCUT2D eigenvalue weighted by Gasteiger charge is -2.30. The summed E-state index contributed by atoms with van der Waals surface area (Å²) in [7, 11) is 0. The van der Waals surface area contributed by atoms with Gasteiger partial charge in [0.15, 0.2) is 0 Å². The number of nitrogens with zero attached hydrogens (tertiary/aromatic N) is 3. The van der Waals surface area contributed by atoms with Crippen LogP contribution in [0, 0.1) is 0 Å². The predicted octanol–water partition coefficient (Wildman–Crippen LogP) is 1.73. The third-order valence-corrected chi connectivity index (χ3v) is 4.21. The van der Waals surface area contributed by atoms with E-state index in [4.69, 9.17) is 0 Å². The van der Waals surface area contributed by atoms with Gasteiger partial charge in [-0.1, -0.05) is 0 Å². The summed E-state index contributed by atoms with van der Waals surface area (Å²) >= 11 is 0. The van der Waals surface area contributed by atoms with Gasteiger partial charge < -0.3 is 15.1 Å². The largest absolute Gasteiger partial charge is 0.515 e. The first-order valence-electron chi connectivity index (χ1n) is 6.99. The number of aliphatic hydroxyl groups is 1. The quantitative estimate of drug-likeness (QED) is 0.560. The SMILES string of the molecule is CC1Cc2nn3c(c2CN1C(=O)O)C(=O)C(=CO)CCC3. The van der Waals surface area contributed by atoms with Crippen LogP contribution in [0.2, 0.25) is 0 Å². The Labute approximate surface area is 121 Å². The highest BCUT2D eigenvalue weighted by Crippen LogP contribution is 2.30. The monoisotopic (exact) mass is 291 g/mol. The van der Waals surface area contributed by atoms with E-state index in [9.17, 15) is 19.8 Å². The Bertz CT molecular complexity index is 647. The van der Waals surface area contributed by atoms with Crippen molar-refractivity contribution in [1.82, 2.24) is 14.7 Å². The normalized spacial score (nSPS) is 23.7. The molecule has 1 amide bonds. The van der Waals surface area contributed by atoms with Crippen molar-refractivity contribution in [2.75, 3.05) is 0 Å². The van der Waals surface area contributed by atoms with E-state index in [0.717, 1.165) is 18.4 Å². The Morgan fingerprint density at radius 3 is 2.90 bits per heavy atom. The Balaban J connectivity index is 2.09. The molecule has 0 saturated heterocycles. The van der Waals surface area contributed by atoms with Gasteiger partial charge in [-0.25, -0.2) is 4.79 Å². The minimum absolute atomic E-state index is 0.155. The molecule has 0 radical (unpaired) electrons. The molecule has 112 valence electrons. The number of hydrogen-bond acceptors (Lipinski definition) is 4. The van der Waals surface area contributed by atoms with E-state index < -0.39 is 6.09 Å². The van der Waals surface area contributed by atoms with Crippen molar-refractivity contribution in [3.8, 4) is 0 Å². The first-order chi connectivity index (χ1) is 10.0. The van der Waals surface area contributed by atoms with Crippen molar-refractivity contribution in [3.05, 3.63) is 28.8 Å². The minimum atomic E-state index is -0.993. The van der Waals surface area contributed by atoms with Crippen LogP contribution in [0.1, 0.15) is 41.5 Å². The Morgan fingerprint density at radius 1 is 1.48 bits per heavy atom. The highest BCUT2D eigenvalue weighted by Gasteiger charge is 2.35. The second-order valence-corrected chi connectivity index (χ2v) is 5.55. The molecule has 0 spiro atoms. The number of Topliss-reactive ketones (excluding diaryl/α,β-unsaturated/α-hetero) is 1. The third kappa shape index (κ3) is 2.09. The van der Waals surface area contributed by atoms with Crippen LogP contribution in [-0.4, -0.2) is 42.8 Å². The van der Waals surface area contributed by atoms with Gasteiger partial charge in [0.1, 0.15) is 5.69 Å². The van der Waals surface area contributed by atoms with Crippen molar-refractivity contribution >= 4 is 11.9 Å². The van der Waals surface area contributed by atoms with Crippen molar-refractivity contribution in [3.63, 3.8) is 0 Å². The maximum absolute atomic E-state index is 12.5. The molecule has 0 saturated carbocycles. The molecule has 2 N–H and O–H groups in total. The Hall–Kier alpha value is -2.31. The van der Waals surface area contributed by atoms with Gasteiger partial charge in [0, 0.05) is 30.1 Å². The maximum atomic E-state index is 12.5. The molecule has 1 unspecified atom stereocenters. The molecule has 0 aromatic carbocycles. The second-order valence-electron chi connectivity index (χ2n) is 5.55. The van der Waals surface area contributed by atoms with Crippen LogP contribution in [0.25, 0.3) is 0 Å². The smallest absolute Gasteiger partial charge is 0.407 e. The molecular weight excluding hydrogens is 274 g/mol. The van der Waals surface area contributed by atoms with Gasteiger partial charge >= 0.3 is 6.09 Å². The molecule has 0 aliphatic carbocycles. The number of carbonyl (C=O) groups excluding carboxylic acids is 1. The number of fused-ring (bicyclic) bond motifs is 3. The predicted molar refractivity (Wildman–Crippen MR) is 73.2 cm³/mol. The molecule has 3 rings (SSSR count). The number of aliphatic hydroxyl groups excluding tert-OH is 1. The van der Waals surface area contributed by atoms with Crippen molar-refractivity contribution < 1.29 is 19.8 Å². The molecule has 7 nitrogen and oxygen atoms in total. The van der Waals surface area contributed by atoms with E-state index in [-0.39, 0.29) is 18.4 Å². The molecule has 1 atom stereocenters. The number of hydrogen-bond donors (Lipinski definition) is 2. The molecular formula is C14H17N3O4. The maximum Gasteiger partial charge on any atom is 0.407 e. The summed E-state index contributed by atoms with van der Waals surface area (Å²) in [5.41, 5.74) is 2.27. The van der Waals surface area contributed by atoms with Crippen LogP contribution in [-0.2, 0) is 19.5 Å². The molecule has 0 bridgehead atoms. The van der Waals surface area contributed by atoms with Gasteiger partial charge in [0.25, 0.3) is 0 Å². The molecule has 1 aromatic rings. The lowest BCUT2D eigenvalue weighted by molar-refractivity contribution is 0.101. The zero-order valence-electron chi connectivity index (χ0n) is 11.7. The lowest BCUT2D eigenvalue weighted by Crippen LogP contribution is -2.42. The van der Waals surface area contributed by atoms with Crippen LogP contribution in [0.4, 0.5) is 4.79 Å². The number of rotatable bonds is 0. The number of allylic oxidation sites excluding steroid dienone is 1. The Morgan fingerprint density at radius 2 is 2.24 bits per heavy atom. The summed E-state index contributed by atoms with van der Waals surface area (Å²) in [5.74, 6) is -0.247. The molecule has 21 heavy (non-hydrogen) atoms. The summed E-state index contributed by atoms with van der Waals surface area (Å²) in [4.78, 5) is 25.1. The molecule has 7 heteroatoms. The number of carboxylic acid groups (broad SMARTS) is 1. The average molecular weight is 291 g/mol. The highest BCUT2D eigenvalue weighted by atomic mass is 16.4. The first kappa shape index (κ1) is 13.7. The molecule has 1 aromatic heterocycles. The lowest BCUT2D eigenvalue weighted by atomic mass is 9.96. The Kier molecular flexibility index (Phi) is 3.19. The van der Waals surface area contributed by atoms with Gasteiger partial charge in [-0.2, -0.15) is 5.10 Å². The summed E-state index contributed by atoms with van der Waals surface area (Å²) < 4.78 is 1.67. The van der Waals surface area contributed by atoms with E-state index in [1.54, 1.807) is 4.68 Å². The summed E-state index contributed by atoms with van der Waals surface area (Å²) in [5, 5.41) is 23.0. The van der Waals surface area contributed by atoms with Crippen molar-refractivity contribution in [2.45, 2.75) is 45.3 Å². The van der Waals surface area contributed by atoms with Gasteiger partial charge in [-0.3, -0.25) is 9.48 Å². The molecule has 2 aliphatic heterocycles. The molecule has 2 aliphatic rings. The van der Waals surface area contributed by atoms with Crippen LogP contribution >= 0.6 is 0 Å². The van der Waals surface area contributed by atoms with Crippen LogP contribution < -0.4 is 0 Å². The number of ketones is 1. The second kappa shape index (κ2) is 4.91. The number of aryl methyl sites for hydroxylation is 1. The molecule has 3 heterocycles. The van der Waals surface area contributed by atoms with Crippen LogP contribution in [0.5, 0.6) is 0 Å². The minimum Gasteiger partial charge on any atom is -0.515 e. The fourth-order valence-electron chi connectivity index (χ4n) is 3.08. The molecule has 0 fully saturated rings. The topological polar surface area (TPSA) is 95.7 Å². The summed E-state index contributed by atoms with van der Waals surface area (Å²) in [6, 6.07) is -0.155.